The number of carbonyl (C=O) groups is 3. The Labute approximate surface area is 219 Å². The number of rotatable bonds is 6. The summed E-state index contributed by atoms with van der Waals surface area (Å²) in [6.07, 6.45) is 1.41. The van der Waals surface area contributed by atoms with Crippen LogP contribution in [0.3, 0.4) is 0 Å². The lowest BCUT2D eigenvalue weighted by Gasteiger charge is -2.23. The summed E-state index contributed by atoms with van der Waals surface area (Å²) in [6.45, 7) is 5.04. The van der Waals surface area contributed by atoms with Crippen molar-refractivity contribution in [2.45, 2.75) is 13.0 Å². The molecule has 1 aromatic heterocycles. The molecule has 3 aromatic rings. The maximum atomic E-state index is 13.5. The average molecular weight is 547 g/mol. The lowest BCUT2D eigenvalue weighted by molar-refractivity contribution is -0.132. The second kappa shape index (κ2) is 10.2. The number of carbonyl (C=O) groups excluding carboxylic acids is 3. The van der Waals surface area contributed by atoms with E-state index in [0.717, 1.165) is 28.4 Å². The lowest BCUT2D eigenvalue weighted by atomic mass is 9.95. The van der Waals surface area contributed by atoms with Gasteiger partial charge in [0.15, 0.2) is 5.13 Å². The molecule has 184 valence electrons. The van der Waals surface area contributed by atoms with Gasteiger partial charge in [0.2, 0.25) is 0 Å². The van der Waals surface area contributed by atoms with Crippen molar-refractivity contribution in [3.8, 4) is 0 Å². The van der Waals surface area contributed by atoms with Gasteiger partial charge < -0.3 is 9.84 Å². The zero-order chi connectivity index (χ0) is 26.1. The van der Waals surface area contributed by atoms with Crippen LogP contribution in [0.25, 0.3) is 5.76 Å². The number of esters is 1. The molecule has 0 radical (unpaired) electrons. The fourth-order valence-corrected chi connectivity index (χ4v) is 4.96. The summed E-state index contributed by atoms with van der Waals surface area (Å²) in [5.41, 5.74) is 0.519. The van der Waals surface area contributed by atoms with Gasteiger partial charge in [-0.15, -0.1) is 0 Å². The molecule has 1 amide bonds. The van der Waals surface area contributed by atoms with Crippen molar-refractivity contribution in [1.29, 1.82) is 0 Å². The van der Waals surface area contributed by atoms with Crippen LogP contribution in [-0.4, -0.2) is 34.4 Å². The summed E-state index contributed by atoms with van der Waals surface area (Å²) in [5.74, 6) is -3.68. The predicted molar refractivity (Wildman–Crippen MR) is 135 cm³/mol. The van der Waals surface area contributed by atoms with Crippen LogP contribution in [0.2, 0.25) is 10.0 Å². The van der Waals surface area contributed by atoms with Crippen LogP contribution in [0, 0.1) is 12.7 Å². The number of aromatic nitrogens is 1. The van der Waals surface area contributed by atoms with Gasteiger partial charge >= 0.3 is 11.9 Å². The van der Waals surface area contributed by atoms with E-state index >= 15 is 0 Å². The molecule has 1 N–H and O–H groups in total. The van der Waals surface area contributed by atoms with E-state index in [9.17, 15) is 23.9 Å². The van der Waals surface area contributed by atoms with Crippen molar-refractivity contribution in [2.75, 3.05) is 11.5 Å². The average Bonchev–Trinajstić information content (AvgIpc) is 3.36. The zero-order valence-corrected chi connectivity index (χ0v) is 21.0. The van der Waals surface area contributed by atoms with Crippen LogP contribution in [-0.2, 0) is 14.3 Å². The Bertz CT molecular complexity index is 1430. The Kier molecular flexibility index (Phi) is 7.26. The molecule has 0 saturated carbocycles. The van der Waals surface area contributed by atoms with Gasteiger partial charge in [0, 0.05) is 5.56 Å². The summed E-state index contributed by atoms with van der Waals surface area (Å²) >= 11 is 13.1. The number of halogens is 3. The van der Waals surface area contributed by atoms with E-state index in [0.29, 0.717) is 5.56 Å². The number of anilines is 1. The number of aliphatic hydroxyl groups is 1. The Morgan fingerprint density at radius 1 is 1.22 bits per heavy atom. The number of Topliss-reactive ketones (excluding diaryl/α,β-unsaturated/α-hetero) is 1. The standard InChI is InChI=1S/C25H17Cl2FN2O5S/c1-3-10-35-24(34)22-12(2)29-25(36-22)30-19(14-6-9-16(26)17(27)11-14)18(21(32)23(30)33)20(31)13-4-7-15(28)8-5-13/h3-9,11,19,31H,1,10H2,2H3/b20-18+. The largest absolute Gasteiger partial charge is 0.507 e. The number of aliphatic hydroxyl groups excluding tert-OH is 1. The smallest absolute Gasteiger partial charge is 0.350 e. The fourth-order valence-electron chi connectivity index (χ4n) is 3.67. The van der Waals surface area contributed by atoms with E-state index in [-0.39, 0.29) is 43.5 Å². The third kappa shape index (κ3) is 4.65. The summed E-state index contributed by atoms with van der Waals surface area (Å²) in [4.78, 5) is 44.4. The molecule has 1 aliphatic rings. The molecule has 36 heavy (non-hydrogen) atoms. The quantitative estimate of drug-likeness (QED) is 0.136. The Hall–Kier alpha value is -3.53. The molecule has 0 spiro atoms. The predicted octanol–water partition coefficient (Wildman–Crippen LogP) is 5.87. The molecule has 1 saturated heterocycles. The molecule has 2 aromatic carbocycles. The van der Waals surface area contributed by atoms with Crippen molar-refractivity contribution in [3.05, 3.63) is 98.3 Å². The Balaban J connectivity index is 1.90. The minimum atomic E-state index is -1.16. The van der Waals surface area contributed by atoms with E-state index in [1.807, 2.05) is 0 Å². The SMILES string of the molecule is C=CCOC(=O)c1sc(N2C(=O)C(=O)/C(=C(/O)c3ccc(F)cc3)C2c2ccc(Cl)c(Cl)c2)nc1C. The number of aryl methyl sites for hydroxylation is 1. The minimum Gasteiger partial charge on any atom is -0.507 e. The Morgan fingerprint density at radius 2 is 1.92 bits per heavy atom. The van der Waals surface area contributed by atoms with Crippen LogP contribution in [0.5, 0.6) is 0 Å². The van der Waals surface area contributed by atoms with E-state index in [1.165, 1.54) is 30.3 Å². The molecule has 4 rings (SSSR count). The van der Waals surface area contributed by atoms with E-state index in [4.69, 9.17) is 27.9 Å². The first kappa shape index (κ1) is 25.6. The van der Waals surface area contributed by atoms with Crippen LogP contribution < -0.4 is 4.90 Å². The number of nitrogens with zero attached hydrogens (tertiary/aromatic N) is 2. The van der Waals surface area contributed by atoms with Gasteiger partial charge in [0.1, 0.15) is 23.1 Å². The highest BCUT2D eigenvalue weighted by Crippen LogP contribution is 2.44. The number of hydrogen-bond donors (Lipinski definition) is 1. The Morgan fingerprint density at radius 3 is 2.56 bits per heavy atom. The normalized spacial score (nSPS) is 16.9. The van der Waals surface area contributed by atoms with Crippen LogP contribution in [0.1, 0.15) is 32.5 Å². The number of hydrogen-bond acceptors (Lipinski definition) is 7. The molecular weight excluding hydrogens is 530 g/mol. The number of benzene rings is 2. The number of ketones is 1. The molecule has 0 aliphatic carbocycles. The molecule has 0 bridgehead atoms. The van der Waals surface area contributed by atoms with Gasteiger partial charge in [-0.3, -0.25) is 14.5 Å². The molecule has 11 heteroatoms. The van der Waals surface area contributed by atoms with Crippen molar-refractivity contribution >= 4 is 63.1 Å². The van der Waals surface area contributed by atoms with E-state index in [1.54, 1.807) is 13.0 Å². The van der Waals surface area contributed by atoms with E-state index in [2.05, 4.69) is 11.6 Å². The second-order valence-electron chi connectivity index (χ2n) is 7.65. The maximum Gasteiger partial charge on any atom is 0.350 e. The summed E-state index contributed by atoms with van der Waals surface area (Å²) < 4.78 is 18.5. The van der Waals surface area contributed by atoms with Gasteiger partial charge in [-0.25, -0.2) is 14.2 Å². The monoisotopic (exact) mass is 546 g/mol. The first-order valence-corrected chi connectivity index (χ1v) is 12.0. The van der Waals surface area contributed by atoms with Gasteiger partial charge in [-0.2, -0.15) is 0 Å². The van der Waals surface area contributed by atoms with Crippen molar-refractivity contribution < 1.29 is 28.6 Å². The highest BCUT2D eigenvalue weighted by atomic mass is 35.5. The summed E-state index contributed by atoms with van der Waals surface area (Å²) in [6, 6.07) is 8.14. The molecule has 1 unspecified atom stereocenters. The lowest BCUT2D eigenvalue weighted by Crippen LogP contribution is -2.29. The third-order valence-electron chi connectivity index (χ3n) is 5.33. The molecule has 1 atom stereocenters. The van der Waals surface area contributed by atoms with Crippen LogP contribution >= 0.6 is 34.5 Å². The van der Waals surface area contributed by atoms with Crippen LogP contribution in [0.15, 0.2) is 60.7 Å². The van der Waals surface area contributed by atoms with Gasteiger partial charge in [-0.05, 0) is 48.9 Å². The first-order valence-electron chi connectivity index (χ1n) is 10.4. The van der Waals surface area contributed by atoms with Gasteiger partial charge in [0.25, 0.3) is 5.78 Å². The highest BCUT2D eigenvalue weighted by molar-refractivity contribution is 7.17. The fraction of sp³-hybridized carbons (Fsp3) is 0.120. The van der Waals surface area contributed by atoms with Crippen molar-refractivity contribution in [1.82, 2.24) is 4.98 Å². The summed E-state index contributed by atoms with van der Waals surface area (Å²) in [7, 11) is 0. The van der Waals surface area contributed by atoms with Gasteiger partial charge in [-0.1, -0.05) is 53.3 Å². The molecule has 2 heterocycles. The van der Waals surface area contributed by atoms with Gasteiger partial charge in [0.05, 0.1) is 27.4 Å². The third-order valence-corrected chi connectivity index (χ3v) is 7.21. The maximum absolute atomic E-state index is 13.5. The van der Waals surface area contributed by atoms with Crippen molar-refractivity contribution in [2.24, 2.45) is 0 Å². The highest BCUT2D eigenvalue weighted by Gasteiger charge is 2.48. The topological polar surface area (TPSA) is 96.8 Å². The van der Waals surface area contributed by atoms with E-state index < -0.39 is 35.3 Å². The van der Waals surface area contributed by atoms with Crippen LogP contribution in [0.4, 0.5) is 9.52 Å². The molecule has 7 nitrogen and oxygen atoms in total. The number of amides is 1. The summed E-state index contributed by atoms with van der Waals surface area (Å²) in [5, 5.41) is 11.5. The van der Waals surface area contributed by atoms with Crippen molar-refractivity contribution in [3.63, 3.8) is 0 Å². The zero-order valence-electron chi connectivity index (χ0n) is 18.6. The molecular formula is C25H17Cl2FN2O5S. The second-order valence-corrected chi connectivity index (χ2v) is 9.44. The molecule has 1 aliphatic heterocycles. The first-order chi connectivity index (χ1) is 17.1. The minimum absolute atomic E-state index is 0.0169. The number of ether oxygens (including phenoxy) is 1. The number of thiazole rings is 1. The molecule has 1 fully saturated rings.